The molecule has 1 aromatic carbocycles. The molecule has 0 spiro atoms. The van der Waals surface area contributed by atoms with Crippen LogP contribution in [-0.4, -0.2) is 21.2 Å². The normalized spacial score (nSPS) is 12.4. The maximum Gasteiger partial charge on any atom is 0.471 e. The number of hydrogen-bond acceptors (Lipinski definition) is 6. The van der Waals surface area contributed by atoms with Crippen LogP contribution in [0.2, 0.25) is 0 Å². The molecule has 0 radical (unpaired) electrons. The fraction of sp³-hybridized carbons (Fsp3) is 0.176. The summed E-state index contributed by atoms with van der Waals surface area (Å²) < 4.78 is 47.0. The number of pyridine rings is 1. The van der Waals surface area contributed by atoms with Crippen LogP contribution in [0.15, 0.2) is 53.3 Å². The third kappa shape index (κ3) is 4.60. The van der Waals surface area contributed by atoms with Crippen LogP contribution in [0.1, 0.15) is 24.5 Å². The fourth-order valence-electron chi connectivity index (χ4n) is 2.17. The first kappa shape index (κ1) is 18.4. The van der Waals surface area contributed by atoms with Gasteiger partial charge in [0.1, 0.15) is 6.10 Å². The Hall–Kier alpha value is -3.43. The zero-order valence-corrected chi connectivity index (χ0v) is 13.9. The largest absolute Gasteiger partial charge is 0.471 e. The van der Waals surface area contributed by atoms with Gasteiger partial charge in [0.2, 0.25) is 5.82 Å². The highest BCUT2D eigenvalue weighted by Crippen LogP contribution is 2.29. The summed E-state index contributed by atoms with van der Waals surface area (Å²) in [4.78, 5) is 19.1. The average molecular weight is 378 g/mol. The van der Waals surface area contributed by atoms with E-state index in [2.05, 4.69) is 25.0 Å². The third-order valence-electron chi connectivity index (χ3n) is 3.50. The molecule has 0 aliphatic carbocycles. The topological polar surface area (TPSA) is 90.1 Å². The summed E-state index contributed by atoms with van der Waals surface area (Å²) in [6.45, 7) is 1.66. The molecule has 0 aliphatic rings. The Morgan fingerprint density at radius 1 is 1.22 bits per heavy atom. The lowest BCUT2D eigenvalue weighted by Crippen LogP contribution is -2.16. The minimum atomic E-state index is -4.70. The van der Waals surface area contributed by atoms with Crippen molar-refractivity contribution in [3.05, 3.63) is 60.2 Å². The second kappa shape index (κ2) is 7.44. The molecule has 1 amide bonds. The molecule has 0 fully saturated rings. The summed E-state index contributed by atoms with van der Waals surface area (Å²) in [5.74, 6) is -1.60. The molecule has 2 heterocycles. The van der Waals surface area contributed by atoms with Crippen molar-refractivity contribution >= 4 is 11.8 Å². The molecule has 0 saturated heterocycles. The molecule has 0 aliphatic heterocycles. The van der Waals surface area contributed by atoms with E-state index in [0.29, 0.717) is 16.8 Å². The Bertz CT molecular complexity index is 911. The molecule has 7 nitrogen and oxygen atoms in total. The number of halogens is 3. The predicted molar refractivity (Wildman–Crippen MR) is 87.5 cm³/mol. The number of hydrogen-bond donors (Lipinski definition) is 1. The first-order valence-electron chi connectivity index (χ1n) is 7.72. The van der Waals surface area contributed by atoms with Gasteiger partial charge in [0, 0.05) is 11.8 Å². The van der Waals surface area contributed by atoms with Gasteiger partial charge in [-0.05, 0) is 24.6 Å². The molecule has 3 aromatic rings. The maximum atomic E-state index is 12.5. The first-order chi connectivity index (χ1) is 12.8. The monoisotopic (exact) mass is 378 g/mol. The van der Waals surface area contributed by atoms with Gasteiger partial charge in [-0.25, -0.2) is 4.79 Å². The standard InChI is InChI=1S/C17H13F3N4O3/c1-10(26-16(25)22-13-3-2-8-21-9-13)11-4-6-12(7-5-11)14-23-15(27-24-14)17(18,19)20/h2-10H,1H3,(H,22,25). The number of alkyl halides is 3. The van der Waals surface area contributed by atoms with E-state index in [-0.39, 0.29) is 5.82 Å². The van der Waals surface area contributed by atoms with Crippen LogP contribution in [0.5, 0.6) is 0 Å². The number of carbonyl (C=O) groups is 1. The van der Waals surface area contributed by atoms with Crippen molar-refractivity contribution in [1.29, 1.82) is 0 Å². The van der Waals surface area contributed by atoms with Crippen LogP contribution in [0.3, 0.4) is 0 Å². The Labute approximate surface area is 151 Å². The van der Waals surface area contributed by atoms with E-state index in [0.717, 1.165) is 0 Å². The first-order valence-corrected chi connectivity index (χ1v) is 7.72. The molecule has 0 bridgehead atoms. The predicted octanol–water partition coefficient (Wildman–Crippen LogP) is 4.46. The van der Waals surface area contributed by atoms with Crippen molar-refractivity contribution in [3.8, 4) is 11.4 Å². The quantitative estimate of drug-likeness (QED) is 0.721. The number of nitrogens with one attached hydrogen (secondary N) is 1. The summed E-state index contributed by atoms with van der Waals surface area (Å²) >= 11 is 0. The van der Waals surface area contributed by atoms with Crippen LogP contribution >= 0.6 is 0 Å². The SMILES string of the molecule is CC(OC(=O)Nc1cccnc1)c1ccc(-c2noc(C(F)(F)F)n2)cc1. The number of rotatable bonds is 4. The molecular weight excluding hydrogens is 365 g/mol. The van der Waals surface area contributed by atoms with Crippen LogP contribution in [0.4, 0.5) is 23.7 Å². The number of benzene rings is 1. The molecular formula is C17H13F3N4O3. The number of amides is 1. The van der Waals surface area contributed by atoms with E-state index in [4.69, 9.17) is 4.74 Å². The molecule has 140 valence electrons. The van der Waals surface area contributed by atoms with Crippen molar-refractivity contribution in [2.75, 3.05) is 5.32 Å². The van der Waals surface area contributed by atoms with Gasteiger partial charge in [0.15, 0.2) is 0 Å². The van der Waals surface area contributed by atoms with E-state index >= 15 is 0 Å². The molecule has 3 rings (SSSR count). The summed E-state index contributed by atoms with van der Waals surface area (Å²) in [6.07, 6.45) is -2.91. The smallest absolute Gasteiger partial charge is 0.441 e. The molecule has 1 unspecified atom stereocenters. The zero-order valence-electron chi connectivity index (χ0n) is 13.9. The Morgan fingerprint density at radius 3 is 2.56 bits per heavy atom. The molecule has 27 heavy (non-hydrogen) atoms. The van der Waals surface area contributed by atoms with Crippen LogP contribution < -0.4 is 5.32 Å². The molecule has 10 heteroatoms. The lowest BCUT2D eigenvalue weighted by atomic mass is 10.1. The highest BCUT2D eigenvalue weighted by Gasteiger charge is 2.38. The van der Waals surface area contributed by atoms with Gasteiger partial charge >= 0.3 is 18.2 Å². The van der Waals surface area contributed by atoms with Gasteiger partial charge in [0.25, 0.3) is 0 Å². The lowest BCUT2D eigenvalue weighted by Gasteiger charge is -2.14. The van der Waals surface area contributed by atoms with Crippen molar-refractivity contribution in [3.63, 3.8) is 0 Å². The minimum absolute atomic E-state index is 0.184. The second-order valence-corrected chi connectivity index (χ2v) is 5.46. The minimum Gasteiger partial charge on any atom is -0.441 e. The molecule has 0 saturated carbocycles. The average Bonchev–Trinajstić information content (AvgIpc) is 3.13. The van der Waals surface area contributed by atoms with Crippen molar-refractivity contribution < 1.29 is 27.2 Å². The summed E-state index contributed by atoms with van der Waals surface area (Å²) in [7, 11) is 0. The number of carbonyl (C=O) groups excluding carboxylic acids is 1. The van der Waals surface area contributed by atoms with E-state index in [1.807, 2.05) is 0 Å². The maximum absolute atomic E-state index is 12.5. The van der Waals surface area contributed by atoms with E-state index in [1.54, 1.807) is 37.4 Å². The number of anilines is 1. The number of nitrogens with zero attached hydrogens (tertiary/aromatic N) is 3. The zero-order chi connectivity index (χ0) is 19.4. The molecule has 1 N–H and O–H groups in total. The van der Waals surface area contributed by atoms with Gasteiger partial charge in [-0.3, -0.25) is 10.3 Å². The third-order valence-corrected chi connectivity index (χ3v) is 3.50. The summed E-state index contributed by atoms with van der Waals surface area (Å²) in [6, 6.07) is 9.55. The summed E-state index contributed by atoms with van der Waals surface area (Å²) in [5, 5.41) is 5.85. The number of aromatic nitrogens is 3. The van der Waals surface area contributed by atoms with E-state index < -0.39 is 24.3 Å². The van der Waals surface area contributed by atoms with Crippen molar-refractivity contribution in [2.24, 2.45) is 0 Å². The van der Waals surface area contributed by atoms with Crippen molar-refractivity contribution in [1.82, 2.24) is 15.1 Å². The molecule has 1 atom stereocenters. The highest BCUT2D eigenvalue weighted by molar-refractivity contribution is 5.84. The fourth-order valence-corrected chi connectivity index (χ4v) is 2.17. The van der Waals surface area contributed by atoms with E-state index in [9.17, 15) is 18.0 Å². The van der Waals surface area contributed by atoms with Crippen molar-refractivity contribution in [2.45, 2.75) is 19.2 Å². The van der Waals surface area contributed by atoms with Crippen LogP contribution in [0.25, 0.3) is 11.4 Å². The summed E-state index contributed by atoms with van der Waals surface area (Å²) in [5.41, 5.74) is 1.47. The van der Waals surface area contributed by atoms with Crippen LogP contribution in [-0.2, 0) is 10.9 Å². The Kier molecular flexibility index (Phi) is 5.06. The second-order valence-electron chi connectivity index (χ2n) is 5.46. The van der Waals surface area contributed by atoms with Gasteiger partial charge in [0.05, 0.1) is 11.9 Å². The van der Waals surface area contributed by atoms with Crippen LogP contribution in [0, 0.1) is 0 Å². The van der Waals surface area contributed by atoms with Gasteiger partial charge in [-0.2, -0.15) is 18.2 Å². The van der Waals surface area contributed by atoms with Gasteiger partial charge < -0.3 is 9.26 Å². The Morgan fingerprint density at radius 2 is 1.96 bits per heavy atom. The number of ether oxygens (including phenoxy) is 1. The van der Waals surface area contributed by atoms with Gasteiger partial charge in [-0.1, -0.05) is 29.4 Å². The van der Waals surface area contributed by atoms with E-state index in [1.165, 1.54) is 18.3 Å². The lowest BCUT2D eigenvalue weighted by molar-refractivity contribution is -0.159. The molecule has 2 aromatic heterocycles. The Balaban J connectivity index is 1.64. The highest BCUT2D eigenvalue weighted by atomic mass is 19.4. The van der Waals surface area contributed by atoms with Gasteiger partial charge in [-0.15, -0.1) is 0 Å².